The van der Waals surface area contributed by atoms with Crippen LogP contribution in [0.2, 0.25) is 5.02 Å². The SMILES string of the molecule is N#CC[C@H]1CN(c2nc(-c3ccnc(F)c3)[nH]c(=O)c2Cl)CCN1. The highest BCUT2D eigenvalue weighted by atomic mass is 35.5. The molecule has 0 unspecified atom stereocenters. The molecule has 0 saturated carbocycles. The summed E-state index contributed by atoms with van der Waals surface area (Å²) in [4.78, 5) is 24.4. The molecular formula is C15H14ClFN6O. The first-order valence-corrected chi connectivity index (χ1v) is 7.73. The van der Waals surface area contributed by atoms with Crippen LogP contribution in [-0.2, 0) is 0 Å². The van der Waals surface area contributed by atoms with Crippen LogP contribution < -0.4 is 15.8 Å². The predicted octanol–water partition coefficient (Wildman–Crippen LogP) is 1.32. The zero-order chi connectivity index (χ0) is 17.1. The Kier molecular flexibility index (Phi) is 4.74. The number of nitriles is 1. The molecule has 2 N–H and O–H groups in total. The molecule has 9 heteroatoms. The van der Waals surface area contributed by atoms with Crippen molar-refractivity contribution in [3.8, 4) is 17.5 Å². The van der Waals surface area contributed by atoms with Crippen LogP contribution in [-0.4, -0.2) is 40.6 Å². The molecule has 124 valence electrons. The summed E-state index contributed by atoms with van der Waals surface area (Å²) < 4.78 is 13.3. The second-order valence-electron chi connectivity index (χ2n) is 5.38. The van der Waals surface area contributed by atoms with Crippen molar-refractivity contribution >= 4 is 17.4 Å². The first kappa shape index (κ1) is 16.4. The summed E-state index contributed by atoms with van der Waals surface area (Å²) in [6, 6.07) is 4.83. The van der Waals surface area contributed by atoms with Gasteiger partial charge in [0.1, 0.15) is 10.8 Å². The number of aromatic nitrogens is 3. The third-order valence-electron chi connectivity index (χ3n) is 3.74. The van der Waals surface area contributed by atoms with Crippen LogP contribution in [0.5, 0.6) is 0 Å². The lowest BCUT2D eigenvalue weighted by molar-refractivity contribution is 0.460. The van der Waals surface area contributed by atoms with Crippen molar-refractivity contribution in [3.05, 3.63) is 39.7 Å². The highest BCUT2D eigenvalue weighted by molar-refractivity contribution is 6.32. The van der Waals surface area contributed by atoms with Crippen LogP contribution in [0.1, 0.15) is 6.42 Å². The maximum atomic E-state index is 13.3. The topological polar surface area (TPSA) is 97.7 Å². The van der Waals surface area contributed by atoms with Crippen LogP contribution in [0, 0.1) is 17.3 Å². The molecule has 24 heavy (non-hydrogen) atoms. The van der Waals surface area contributed by atoms with Crippen molar-refractivity contribution in [1.29, 1.82) is 5.26 Å². The number of pyridine rings is 1. The summed E-state index contributed by atoms with van der Waals surface area (Å²) in [6.07, 6.45) is 1.65. The number of nitrogens with one attached hydrogen (secondary N) is 2. The van der Waals surface area contributed by atoms with E-state index in [0.29, 0.717) is 37.4 Å². The smallest absolute Gasteiger partial charge is 0.272 e. The van der Waals surface area contributed by atoms with E-state index in [-0.39, 0.29) is 16.9 Å². The van der Waals surface area contributed by atoms with E-state index in [2.05, 4.69) is 26.3 Å². The Morgan fingerprint density at radius 3 is 3.12 bits per heavy atom. The number of anilines is 1. The Hall–Kier alpha value is -2.50. The van der Waals surface area contributed by atoms with Crippen LogP contribution in [0.15, 0.2) is 23.1 Å². The highest BCUT2D eigenvalue weighted by Gasteiger charge is 2.24. The first-order valence-electron chi connectivity index (χ1n) is 7.35. The third-order valence-corrected chi connectivity index (χ3v) is 4.08. The standard InChI is InChI=1S/C15H14ClFN6O/c16-12-14(23-6-5-19-10(8-23)1-3-18)21-13(22-15(12)24)9-2-4-20-11(17)7-9/h2,4,7,10,19H,1,5-6,8H2,(H,21,22,24)/t10-/m0/s1. The van der Waals surface area contributed by atoms with Crippen LogP contribution in [0.3, 0.4) is 0 Å². The number of rotatable bonds is 3. The number of aromatic amines is 1. The fourth-order valence-electron chi connectivity index (χ4n) is 2.61. The van der Waals surface area contributed by atoms with Crippen LogP contribution in [0.25, 0.3) is 11.4 Å². The minimum absolute atomic E-state index is 0.0223. The van der Waals surface area contributed by atoms with Crippen molar-refractivity contribution in [3.63, 3.8) is 0 Å². The lowest BCUT2D eigenvalue weighted by Crippen LogP contribution is -2.51. The molecule has 1 aliphatic heterocycles. The Morgan fingerprint density at radius 2 is 2.38 bits per heavy atom. The number of nitrogens with zero attached hydrogens (tertiary/aromatic N) is 4. The number of hydrogen-bond donors (Lipinski definition) is 2. The zero-order valence-electron chi connectivity index (χ0n) is 12.6. The highest BCUT2D eigenvalue weighted by Crippen LogP contribution is 2.24. The van der Waals surface area contributed by atoms with Crippen LogP contribution in [0.4, 0.5) is 10.2 Å². The van der Waals surface area contributed by atoms with E-state index in [9.17, 15) is 9.18 Å². The molecule has 0 amide bonds. The van der Waals surface area contributed by atoms with Crippen molar-refractivity contribution < 1.29 is 4.39 Å². The molecule has 0 spiro atoms. The Bertz CT molecular complexity index is 849. The predicted molar refractivity (Wildman–Crippen MR) is 87.3 cm³/mol. The van der Waals surface area contributed by atoms with Crippen molar-refractivity contribution in [2.45, 2.75) is 12.5 Å². The van der Waals surface area contributed by atoms with E-state index < -0.39 is 11.5 Å². The maximum Gasteiger partial charge on any atom is 0.272 e. The van der Waals surface area contributed by atoms with Gasteiger partial charge in [-0.1, -0.05) is 11.6 Å². The van der Waals surface area contributed by atoms with E-state index in [1.807, 2.05) is 4.90 Å². The van der Waals surface area contributed by atoms with Gasteiger partial charge in [0.05, 0.1) is 12.5 Å². The van der Waals surface area contributed by atoms with Gasteiger partial charge in [-0.15, -0.1) is 0 Å². The van der Waals surface area contributed by atoms with E-state index in [1.165, 1.54) is 12.3 Å². The molecule has 0 radical (unpaired) electrons. The fraction of sp³-hybridized carbons (Fsp3) is 0.333. The van der Waals surface area contributed by atoms with Gasteiger partial charge in [-0.25, -0.2) is 9.97 Å². The summed E-state index contributed by atoms with van der Waals surface area (Å²) >= 11 is 6.12. The average molecular weight is 349 g/mol. The van der Waals surface area contributed by atoms with Crippen molar-refractivity contribution in [1.82, 2.24) is 20.3 Å². The first-order chi connectivity index (χ1) is 11.6. The summed E-state index contributed by atoms with van der Waals surface area (Å²) in [7, 11) is 0. The maximum absolute atomic E-state index is 13.3. The molecule has 0 aromatic carbocycles. The molecule has 2 aromatic rings. The van der Waals surface area contributed by atoms with Gasteiger partial charge >= 0.3 is 0 Å². The fourth-order valence-corrected chi connectivity index (χ4v) is 2.82. The monoisotopic (exact) mass is 348 g/mol. The molecule has 1 aliphatic rings. The van der Waals surface area contributed by atoms with Gasteiger partial charge in [0.25, 0.3) is 5.56 Å². The molecule has 1 fully saturated rings. The summed E-state index contributed by atoms with van der Waals surface area (Å²) in [5.41, 5.74) is -0.0921. The van der Waals surface area contributed by atoms with Gasteiger partial charge in [-0.2, -0.15) is 9.65 Å². The quantitative estimate of drug-likeness (QED) is 0.812. The van der Waals surface area contributed by atoms with Gasteiger partial charge in [0.2, 0.25) is 5.95 Å². The molecule has 1 atom stereocenters. The van der Waals surface area contributed by atoms with Gasteiger partial charge in [0.15, 0.2) is 5.82 Å². The number of H-pyrrole nitrogens is 1. The van der Waals surface area contributed by atoms with E-state index in [4.69, 9.17) is 16.9 Å². The van der Waals surface area contributed by atoms with Gasteiger partial charge in [-0.3, -0.25) is 4.79 Å². The molecule has 7 nitrogen and oxygen atoms in total. The lowest BCUT2D eigenvalue weighted by atomic mass is 10.1. The van der Waals surface area contributed by atoms with Gasteiger partial charge in [-0.05, 0) is 6.07 Å². The Morgan fingerprint density at radius 1 is 1.54 bits per heavy atom. The third kappa shape index (κ3) is 3.37. The van der Waals surface area contributed by atoms with Crippen LogP contribution >= 0.6 is 11.6 Å². The van der Waals surface area contributed by atoms with E-state index >= 15 is 0 Å². The molecule has 3 rings (SSSR count). The number of hydrogen-bond acceptors (Lipinski definition) is 6. The van der Waals surface area contributed by atoms with Gasteiger partial charge in [0, 0.05) is 43.5 Å². The normalized spacial score (nSPS) is 17.5. The molecule has 0 aliphatic carbocycles. The number of halogens is 2. The van der Waals surface area contributed by atoms with Crippen molar-refractivity contribution in [2.24, 2.45) is 0 Å². The zero-order valence-corrected chi connectivity index (χ0v) is 13.3. The van der Waals surface area contributed by atoms with Gasteiger partial charge < -0.3 is 15.2 Å². The Labute approximate surface area is 142 Å². The minimum Gasteiger partial charge on any atom is -0.352 e. The van der Waals surface area contributed by atoms with Crippen molar-refractivity contribution in [2.75, 3.05) is 24.5 Å². The van der Waals surface area contributed by atoms with E-state index in [1.54, 1.807) is 6.07 Å². The van der Waals surface area contributed by atoms with E-state index in [0.717, 1.165) is 0 Å². The summed E-state index contributed by atoms with van der Waals surface area (Å²) in [6.45, 7) is 1.76. The average Bonchev–Trinajstić information content (AvgIpc) is 2.58. The summed E-state index contributed by atoms with van der Waals surface area (Å²) in [5, 5.41) is 12.1. The second-order valence-corrected chi connectivity index (χ2v) is 5.76. The molecule has 2 aromatic heterocycles. The Balaban J connectivity index is 1.99. The molecule has 1 saturated heterocycles. The number of piperazine rings is 1. The molecule has 3 heterocycles. The lowest BCUT2D eigenvalue weighted by Gasteiger charge is -2.33. The molecular weight excluding hydrogens is 335 g/mol. The second kappa shape index (κ2) is 6.95. The minimum atomic E-state index is -0.664. The largest absolute Gasteiger partial charge is 0.352 e. The summed E-state index contributed by atoms with van der Waals surface area (Å²) in [5.74, 6) is -0.115. The molecule has 0 bridgehead atoms.